The van der Waals surface area contributed by atoms with E-state index in [1.165, 1.54) is 45.3 Å². The van der Waals surface area contributed by atoms with Crippen LogP contribution in [-0.4, -0.2) is 13.1 Å². The van der Waals surface area contributed by atoms with Crippen molar-refractivity contribution in [3.63, 3.8) is 0 Å². The Morgan fingerprint density at radius 1 is 1.10 bits per heavy atom. The lowest BCUT2D eigenvalue weighted by atomic mass is 9.97. The first kappa shape index (κ1) is 18.9. The normalized spacial score (nSPS) is 14.0. The van der Waals surface area contributed by atoms with Crippen LogP contribution >= 0.6 is 0 Å². The SMILES string of the molecule is COC(=O)C=C(C)C=CCC(C)CCCCCC(C)C. The summed E-state index contributed by atoms with van der Waals surface area (Å²) in [5.74, 6) is 1.27. The second-order valence-electron chi connectivity index (χ2n) is 6.19. The maximum absolute atomic E-state index is 11.0. The molecule has 0 aliphatic heterocycles. The molecule has 116 valence electrons. The van der Waals surface area contributed by atoms with E-state index in [0.717, 1.165) is 23.8 Å². The zero-order chi connectivity index (χ0) is 15.4. The van der Waals surface area contributed by atoms with Crippen molar-refractivity contribution < 1.29 is 9.53 Å². The minimum absolute atomic E-state index is 0.287. The first-order valence-corrected chi connectivity index (χ1v) is 7.88. The van der Waals surface area contributed by atoms with Gasteiger partial charge in [-0.05, 0) is 30.8 Å². The van der Waals surface area contributed by atoms with Gasteiger partial charge in [-0.25, -0.2) is 4.79 Å². The molecule has 0 aliphatic rings. The van der Waals surface area contributed by atoms with Crippen LogP contribution in [0.25, 0.3) is 0 Å². The number of carbonyl (C=O) groups excluding carboxylic acids is 1. The molecule has 0 spiro atoms. The lowest BCUT2D eigenvalue weighted by molar-refractivity contribution is -0.134. The summed E-state index contributed by atoms with van der Waals surface area (Å²) in [6.45, 7) is 8.80. The van der Waals surface area contributed by atoms with E-state index in [1.807, 2.05) is 13.0 Å². The minimum atomic E-state index is -0.287. The van der Waals surface area contributed by atoms with Gasteiger partial charge in [0.15, 0.2) is 0 Å². The number of esters is 1. The number of allylic oxidation sites excluding steroid dienone is 3. The van der Waals surface area contributed by atoms with Crippen molar-refractivity contribution in [3.05, 3.63) is 23.8 Å². The van der Waals surface area contributed by atoms with E-state index in [4.69, 9.17) is 0 Å². The molecule has 1 atom stereocenters. The van der Waals surface area contributed by atoms with E-state index in [0.29, 0.717) is 0 Å². The van der Waals surface area contributed by atoms with Gasteiger partial charge >= 0.3 is 5.97 Å². The highest BCUT2D eigenvalue weighted by Crippen LogP contribution is 2.16. The van der Waals surface area contributed by atoms with Crippen molar-refractivity contribution >= 4 is 5.97 Å². The average Bonchev–Trinajstić information content (AvgIpc) is 2.37. The van der Waals surface area contributed by atoms with Crippen LogP contribution in [0.1, 0.15) is 66.2 Å². The Hall–Kier alpha value is -1.05. The standard InChI is InChI=1S/C18H32O2/c1-15(2)10-7-6-8-11-16(3)12-9-13-17(4)14-18(19)20-5/h9,13-16H,6-8,10-12H2,1-5H3. The van der Waals surface area contributed by atoms with Crippen LogP contribution in [-0.2, 0) is 9.53 Å². The predicted octanol–water partition coefficient (Wildman–Crippen LogP) is 5.29. The molecule has 0 heterocycles. The number of hydrogen-bond acceptors (Lipinski definition) is 2. The van der Waals surface area contributed by atoms with Gasteiger partial charge in [0, 0.05) is 6.08 Å². The summed E-state index contributed by atoms with van der Waals surface area (Å²) in [5.41, 5.74) is 0.945. The van der Waals surface area contributed by atoms with E-state index in [2.05, 4.69) is 31.6 Å². The van der Waals surface area contributed by atoms with Crippen molar-refractivity contribution in [2.75, 3.05) is 7.11 Å². The fourth-order valence-electron chi connectivity index (χ4n) is 2.12. The highest BCUT2D eigenvalue weighted by molar-refractivity contribution is 5.83. The number of unbranched alkanes of at least 4 members (excludes halogenated alkanes) is 2. The third kappa shape index (κ3) is 12.0. The molecule has 20 heavy (non-hydrogen) atoms. The Kier molecular flexibility index (Phi) is 11.1. The smallest absolute Gasteiger partial charge is 0.330 e. The maximum atomic E-state index is 11.0. The average molecular weight is 280 g/mol. The topological polar surface area (TPSA) is 26.3 Å². The fourth-order valence-corrected chi connectivity index (χ4v) is 2.12. The molecule has 1 unspecified atom stereocenters. The van der Waals surface area contributed by atoms with Gasteiger partial charge in [0.05, 0.1) is 7.11 Å². The molecular formula is C18H32O2. The van der Waals surface area contributed by atoms with E-state index in [1.54, 1.807) is 0 Å². The highest BCUT2D eigenvalue weighted by Gasteiger charge is 2.00. The summed E-state index contributed by atoms with van der Waals surface area (Å²) in [6.07, 6.45) is 13.5. The number of methoxy groups -OCH3 is 1. The molecule has 0 fully saturated rings. The summed E-state index contributed by atoms with van der Waals surface area (Å²) in [5, 5.41) is 0. The Balaban J connectivity index is 3.74. The molecule has 2 heteroatoms. The van der Waals surface area contributed by atoms with Crippen molar-refractivity contribution in [2.45, 2.75) is 66.2 Å². The quantitative estimate of drug-likeness (QED) is 0.235. The van der Waals surface area contributed by atoms with Crippen LogP contribution in [0.2, 0.25) is 0 Å². The summed E-state index contributed by atoms with van der Waals surface area (Å²) in [4.78, 5) is 11.0. The van der Waals surface area contributed by atoms with Crippen molar-refractivity contribution in [1.82, 2.24) is 0 Å². The van der Waals surface area contributed by atoms with E-state index >= 15 is 0 Å². The minimum Gasteiger partial charge on any atom is -0.466 e. The van der Waals surface area contributed by atoms with Crippen LogP contribution in [0, 0.1) is 11.8 Å². The van der Waals surface area contributed by atoms with Gasteiger partial charge in [-0.2, -0.15) is 0 Å². The van der Waals surface area contributed by atoms with Crippen molar-refractivity contribution in [1.29, 1.82) is 0 Å². The first-order chi connectivity index (χ1) is 9.45. The second kappa shape index (κ2) is 11.7. The molecule has 0 rings (SSSR count). The van der Waals surface area contributed by atoms with Gasteiger partial charge in [-0.15, -0.1) is 0 Å². The second-order valence-corrected chi connectivity index (χ2v) is 6.19. The predicted molar refractivity (Wildman–Crippen MR) is 86.6 cm³/mol. The molecule has 0 saturated heterocycles. The first-order valence-electron chi connectivity index (χ1n) is 7.88. The van der Waals surface area contributed by atoms with Gasteiger partial charge in [0.2, 0.25) is 0 Å². The maximum Gasteiger partial charge on any atom is 0.330 e. The third-order valence-electron chi connectivity index (χ3n) is 3.44. The molecule has 0 aromatic rings. The van der Waals surface area contributed by atoms with Gasteiger partial charge in [0.25, 0.3) is 0 Å². The summed E-state index contributed by atoms with van der Waals surface area (Å²) in [7, 11) is 1.40. The zero-order valence-corrected chi connectivity index (χ0v) is 13.9. The number of hydrogen-bond donors (Lipinski definition) is 0. The Bertz CT molecular complexity index is 313. The third-order valence-corrected chi connectivity index (χ3v) is 3.44. The van der Waals surface area contributed by atoms with E-state index < -0.39 is 0 Å². The Morgan fingerprint density at radius 3 is 2.35 bits per heavy atom. The van der Waals surface area contributed by atoms with Gasteiger partial charge in [-0.1, -0.05) is 65.0 Å². The van der Waals surface area contributed by atoms with E-state index in [-0.39, 0.29) is 5.97 Å². The van der Waals surface area contributed by atoms with Crippen molar-refractivity contribution in [3.8, 4) is 0 Å². The molecule has 0 N–H and O–H groups in total. The molecule has 0 radical (unpaired) electrons. The van der Waals surface area contributed by atoms with Crippen LogP contribution in [0.4, 0.5) is 0 Å². The monoisotopic (exact) mass is 280 g/mol. The molecule has 0 saturated carbocycles. The van der Waals surface area contributed by atoms with Gasteiger partial charge in [0.1, 0.15) is 0 Å². The van der Waals surface area contributed by atoms with Gasteiger partial charge < -0.3 is 4.74 Å². The Morgan fingerprint density at radius 2 is 1.75 bits per heavy atom. The fraction of sp³-hybridized carbons (Fsp3) is 0.722. The van der Waals surface area contributed by atoms with Crippen molar-refractivity contribution in [2.24, 2.45) is 11.8 Å². The molecule has 0 aliphatic carbocycles. The lowest BCUT2D eigenvalue weighted by Gasteiger charge is -2.09. The Labute approximate surface area is 125 Å². The van der Waals surface area contributed by atoms with Crippen LogP contribution < -0.4 is 0 Å². The van der Waals surface area contributed by atoms with Gasteiger partial charge in [-0.3, -0.25) is 0 Å². The molecule has 0 aromatic heterocycles. The van der Waals surface area contributed by atoms with Crippen LogP contribution in [0.15, 0.2) is 23.8 Å². The molecular weight excluding hydrogens is 248 g/mol. The number of rotatable bonds is 10. The van der Waals surface area contributed by atoms with E-state index in [9.17, 15) is 4.79 Å². The molecule has 2 nitrogen and oxygen atoms in total. The lowest BCUT2D eigenvalue weighted by Crippen LogP contribution is -1.95. The van der Waals surface area contributed by atoms with Crippen LogP contribution in [0.5, 0.6) is 0 Å². The molecule has 0 amide bonds. The number of ether oxygens (including phenoxy) is 1. The molecule has 0 bridgehead atoms. The summed E-state index contributed by atoms with van der Waals surface area (Å²) < 4.78 is 4.59. The zero-order valence-electron chi connectivity index (χ0n) is 13.9. The largest absolute Gasteiger partial charge is 0.466 e. The summed E-state index contributed by atoms with van der Waals surface area (Å²) in [6, 6.07) is 0. The summed E-state index contributed by atoms with van der Waals surface area (Å²) >= 11 is 0. The molecule has 0 aromatic carbocycles. The van der Waals surface area contributed by atoms with Crippen LogP contribution in [0.3, 0.4) is 0 Å². The number of carbonyl (C=O) groups is 1. The highest BCUT2D eigenvalue weighted by atomic mass is 16.5.